The Morgan fingerprint density at radius 2 is 1.70 bits per heavy atom. The Kier molecular flexibility index (Phi) is 5.75. The lowest BCUT2D eigenvalue weighted by molar-refractivity contribution is 0.306. The van der Waals surface area contributed by atoms with E-state index in [4.69, 9.17) is 27.9 Å². The average molecular weight is 309 g/mol. The van der Waals surface area contributed by atoms with Crippen LogP contribution in [0.5, 0.6) is 5.75 Å². The Bertz CT molecular complexity index is 546. The van der Waals surface area contributed by atoms with E-state index in [0.717, 1.165) is 17.7 Å². The zero-order chi connectivity index (χ0) is 14.4. The minimum atomic E-state index is 0.385. The molecule has 0 radical (unpaired) electrons. The standard InChI is InChI=1S/C17H18Cl2O/c1-2-3-6-13-7-4-8-14(11-13)20-12-15-16(18)9-5-10-17(15)19/h4-5,7-11H,2-3,6,12H2,1H3. The molecule has 3 heteroatoms. The summed E-state index contributed by atoms with van der Waals surface area (Å²) in [7, 11) is 0. The fraction of sp³-hybridized carbons (Fsp3) is 0.294. The van der Waals surface area contributed by atoms with Crippen LogP contribution in [0, 0.1) is 0 Å². The lowest BCUT2D eigenvalue weighted by Gasteiger charge is -2.10. The molecule has 0 aliphatic heterocycles. The van der Waals surface area contributed by atoms with E-state index < -0.39 is 0 Å². The zero-order valence-corrected chi connectivity index (χ0v) is 13.0. The van der Waals surface area contributed by atoms with Gasteiger partial charge in [-0.15, -0.1) is 0 Å². The van der Waals surface area contributed by atoms with Gasteiger partial charge >= 0.3 is 0 Å². The summed E-state index contributed by atoms with van der Waals surface area (Å²) in [5.74, 6) is 0.856. The quantitative estimate of drug-likeness (QED) is 0.644. The lowest BCUT2D eigenvalue weighted by Crippen LogP contribution is -1.98. The summed E-state index contributed by atoms with van der Waals surface area (Å²) in [6, 6.07) is 13.7. The number of aryl methyl sites for hydroxylation is 1. The SMILES string of the molecule is CCCCc1cccc(OCc2c(Cl)cccc2Cl)c1. The molecule has 106 valence electrons. The van der Waals surface area contributed by atoms with Gasteiger partial charge in [-0.05, 0) is 42.7 Å². The molecule has 20 heavy (non-hydrogen) atoms. The topological polar surface area (TPSA) is 9.23 Å². The molecule has 0 bridgehead atoms. The molecular weight excluding hydrogens is 291 g/mol. The van der Waals surface area contributed by atoms with Gasteiger partial charge in [-0.3, -0.25) is 0 Å². The number of hydrogen-bond donors (Lipinski definition) is 0. The van der Waals surface area contributed by atoms with Crippen LogP contribution in [0.4, 0.5) is 0 Å². The predicted molar refractivity (Wildman–Crippen MR) is 85.8 cm³/mol. The fourth-order valence-corrected chi connectivity index (χ4v) is 2.50. The molecule has 0 fully saturated rings. The molecule has 0 saturated heterocycles. The van der Waals surface area contributed by atoms with Crippen molar-refractivity contribution in [2.24, 2.45) is 0 Å². The Balaban J connectivity index is 2.03. The molecule has 2 rings (SSSR count). The molecule has 0 aliphatic rings. The van der Waals surface area contributed by atoms with Crippen molar-refractivity contribution >= 4 is 23.2 Å². The molecule has 0 N–H and O–H groups in total. The van der Waals surface area contributed by atoms with E-state index in [1.807, 2.05) is 30.3 Å². The zero-order valence-electron chi connectivity index (χ0n) is 11.5. The van der Waals surface area contributed by atoms with Gasteiger partial charge in [-0.25, -0.2) is 0 Å². The van der Waals surface area contributed by atoms with Crippen molar-refractivity contribution < 1.29 is 4.74 Å². The summed E-state index contributed by atoms with van der Waals surface area (Å²) in [5.41, 5.74) is 2.13. The van der Waals surface area contributed by atoms with Crippen LogP contribution >= 0.6 is 23.2 Å². The maximum Gasteiger partial charge on any atom is 0.120 e. The van der Waals surface area contributed by atoms with Crippen molar-refractivity contribution in [3.8, 4) is 5.75 Å². The molecule has 0 aromatic heterocycles. The molecule has 2 aromatic carbocycles. The number of unbranched alkanes of at least 4 members (excludes halogenated alkanes) is 1. The molecule has 0 heterocycles. The van der Waals surface area contributed by atoms with Crippen molar-refractivity contribution in [2.45, 2.75) is 32.8 Å². The van der Waals surface area contributed by atoms with Crippen LogP contribution in [0.1, 0.15) is 30.9 Å². The first-order valence-corrected chi connectivity index (χ1v) is 7.61. The first-order chi connectivity index (χ1) is 9.70. The number of halogens is 2. The number of hydrogen-bond acceptors (Lipinski definition) is 1. The summed E-state index contributed by atoms with van der Waals surface area (Å²) in [6.07, 6.45) is 3.47. The minimum absolute atomic E-state index is 0.385. The maximum absolute atomic E-state index is 6.13. The highest BCUT2D eigenvalue weighted by atomic mass is 35.5. The monoisotopic (exact) mass is 308 g/mol. The Hall–Kier alpha value is -1.18. The van der Waals surface area contributed by atoms with Gasteiger partial charge < -0.3 is 4.74 Å². The van der Waals surface area contributed by atoms with Crippen molar-refractivity contribution in [1.82, 2.24) is 0 Å². The van der Waals surface area contributed by atoms with Crippen molar-refractivity contribution in [2.75, 3.05) is 0 Å². The summed E-state index contributed by atoms with van der Waals surface area (Å²) < 4.78 is 5.81. The Morgan fingerprint density at radius 3 is 2.40 bits per heavy atom. The summed E-state index contributed by atoms with van der Waals surface area (Å²) in [5, 5.41) is 1.28. The third kappa shape index (κ3) is 4.16. The van der Waals surface area contributed by atoms with Gasteiger partial charge in [0.15, 0.2) is 0 Å². The van der Waals surface area contributed by atoms with E-state index in [1.54, 1.807) is 0 Å². The van der Waals surface area contributed by atoms with Gasteiger partial charge in [0.05, 0.1) is 0 Å². The van der Waals surface area contributed by atoms with E-state index in [1.165, 1.54) is 18.4 Å². The largest absolute Gasteiger partial charge is 0.489 e. The smallest absolute Gasteiger partial charge is 0.120 e. The lowest BCUT2D eigenvalue weighted by atomic mass is 10.1. The number of benzene rings is 2. The van der Waals surface area contributed by atoms with Gasteiger partial charge in [-0.2, -0.15) is 0 Å². The van der Waals surface area contributed by atoms with Gasteiger partial charge in [0.1, 0.15) is 12.4 Å². The van der Waals surface area contributed by atoms with Gasteiger partial charge in [-0.1, -0.05) is 54.7 Å². The van der Waals surface area contributed by atoms with Crippen LogP contribution in [0.25, 0.3) is 0 Å². The number of rotatable bonds is 6. The van der Waals surface area contributed by atoms with Crippen LogP contribution in [-0.2, 0) is 13.0 Å². The van der Waals surface area contributed by atoms with E-state index in [9.17, 15) is 0 Å². The van der Waals surface area contributed by atoms with Gasteiger partial charge in [0, 0.05) is 15.6 Å². The molecule has 0 aliphatic carbocycles. The van der Waals surface area contributed by atoms with E-state index in [0.29, 0.717) is 16.7 Å². The van der Waals surface area contributed by atoms with Crippen LogP contribution in [0.3, 0.4) is 0 Å². The van der Waals surface area contributed by atoms with E-state index >= 15 is 0 Å². The molecule has 0 saturated carbocycles. The average Bonchev–Trinajstić information content (AvgIpc) is 2.45. The van der Waals surface area contributed by atoms with Crippen LogP contribution in [-0.4, -0.2) is 0 Å². The van der Waals surface area contributed by atoms with Crippen molar-refractivity contribution in [3.63, 3.8) is 0 Å². The van der Waals surface area contributed by atoms with Gasteiger partial charge in [0.2, 0.25) is 0 Å². The normalized spacial score (nSPS) is 10.6. The molecule has 0 amide bonds. The first-order valence-electron chi connectivity index (χ1n) is 6.85. The second-order valence-electron chi connectivity index (χ2n) is 4.74. The van der Waals surface area contributed by atoms with E-state index in [2.05, 4.69) is 19.1 Å². The van der Waals surface area contributed by atoms with Crippen molar-refractivity contribution in [1.29, 1.82) is 0 Å². The van der Waals surface area contributed by atoms with Crippen LogP contribution in [0.15, 0.2) is 42.5 Å². The molecule has 2 aromatic rings. The second kappa shape index (κ2) is 7.56. The highest BCUT2D eigenvalue weighted by molar-refractivity contribution is 6.35. The number of ether oxygens (including phenoxy) is 1. The fourth-order valence-electron chi connectivity index (χ4n) is 2.00. The van der Waals surface area contributed by atoms with Gasteiger partial charge in [0.25, 0.3) is 0 Å². The highest BCUT2D eigenvalue weighted by Crippen LogP contribution is 2.26. The Labute approximate surface area is 130 Å². The van der Waals surface area contributed by atoms with Crippen molar-refractivity contribution in [3.05, 3.63) is 63.6 Å². The highest BCUT2D eigenvalue weighted by Gasteiger charge is 2.06. The summed E-state index contributed by atoms with van der Waals surface area (Å²) in [4.78, 5) is 0. The first kappa shape index (κ1) is 15.2. The van der Waals surface area contributed by atoms with Crippen LogP contribution < -0.4 is 4.74 Å². The maximum atomic E-state index is 6.13. The minimum Gasteiger partial charge on any atom is -0.489 e. The summed E-state index contributed by atoms with van der Waals surface area (Å²) >= 11 is 12.3. The molecule has 0 atom stereocenters. The summed E-state index contributed by atoms with van der Waals surface area (Å²) in [6.45, 7) is 2.58. The molecule has 0 spiro atoms. The molecule has 1 nitrogen and oxygen atoms in total. The third-order valence-electron chi connectivity index (χ3n) is 3.16. The predicted octanol–water partition coefficient (Wildman–Crippen LogP) is 5.92. The van der Waals surface area contributed by atoms with E-state index in [-0.39, 0.29) is 0 Å². The Morgan fingerprint density at radius 1 is 1.00 bits per heavy atom. The third-order valence-corrected chi connectivity index (χ3v) is 3.87. The second-order valence-corrected chi connectivity index (χ2v) is 5.55. The van der Waals surface area contributed by atoms with Crippen LogP contribution in [0.2, 0.25) is 10.0 Å². The molecule has 0 unspecified atom stereocenters. The molecular formula is C17H18Cl2O.